The van der Waals surface area contributed by atoms with Crippen molar-refractivity contribution in [3.63, 3.8) is 0 Å². The van der Waals surface area contributed by atoms with Crippen molar-refractivity contribution in [1.82, 2.24) is 4.98 Å². The Labute approximate surface area is 149 Å². The van der Waals surface area contributed by atoms with Gasteiger partial charge in [0.1, 0.15) is 11.6 Å². The van der Waals surface area contributed by atoms with E-state index in [0.717, 1.165) is 39.4 Å². The van der Waals surface area contributed by atoms with E-state index in [1.54, 1.807) is 7.11 Å². The Morgan fingerprint density at radius 1 is 0.920 bits per heavy atom. The minimum absolute atomic E-state index is 0.862. The molecule has 0 unspecified atom stereocenters. The van der Waals surface area contributed by atoms with Gasteiger partial charge in [-0.3, -0.25) is 0 Å². The van der Waals surface area contributed by atoms with Crippen LogP contribution < -0.4 is 10.1 Å². The molecule has 0 bridgehead atoms. The first-order valence-electron chi connectivity index (χ1n) is 8.27. The number of hydrogen-bond acceptors (Lipinski definition) is 3. The summed E-state index contributed by atoms with van der Waals surface area (Å²) in [5.41, 5.74) is 5.61. The molecule has 25 heavy (non-hydrogen) atoms. The number of aryl methyl sites for hydroxylation is 2. The molecule has 0 amide bonds. The summed E-state index contributed by atoms with van der Waals surface area (Å²) in [6, 6.07) is 18.5. The summed E-state index contributed by atoms with van der Waals surface area (Å²) in [5.74, 6) is 1.76. The second-order valence-electron chi connectivity index (χ2n) is 5.96. The molecular weight excluding hydrogens is 308 g/mol. The third kappa shape index (κ3) is 4.07. The van der Waals surface area contributed by atoms with Crippen LogP contribution in [0, 0.1) is 13.8 Å². The minimum atomic E-state index is 0.862. The van der Waals surface area contributed by atoms with Gasteiger partial charge in [0.25, 0.3) is 0 Å². The van der Waals surface area contributed by atoms with Crippen LogP contribution in [-0.4, -0.2) is 12.1 Å². The number of anilines is 1. The van der Waals surface area contributed by atoms with Crippen LogP contribution in [0.4, 0.5) is 5.82 Å². The maximum Gasteiger partial charge on any atom is 0.132 e. The molecule has 3 rings (SSSR count). The lowest BCUT2D eigenvalue weighted by Crippen LogP contribution is -1.95. The Morgan fingerprint density at radius 2 is 1.68 bits per heavy atom. The molecule has 0 radical (unpaired) electrons. The molecule has 0 aliphatic heterocycles. The Balaban J connectivity index is 1.77. The summed E-state index contributed by atoms with van der Waals surface area (Å²) in [5, 5.41) is 3.26. The van der Waals surface area contributed by atoms with Crippen molar-refractivity contribution in [2.24, 2.45) is 0 Å². The van der Waals surface area contributed by atoms with Gasteiger partial charge in [-0.1, -0.05) is 36.4 Å². The Bertz CT molecular complexity index is 886. The molecule has 1 aromatic heterocycles. The number of nitrogens with zero attached hydrogens (tertiary/aromatic N) is 1. The first-order valence-corrected chi connectivity index (χ1v) is 8.27. The van der Waals surface area contributed by atoms with Gasteiger partial charge in [0.05, 0.1) is 7.11 Å². The lowest BCUT2D eigenvalue weighted by Gasteiger charge is -2.10. The fraction of sp³-hybridized carbons (Fsp3) is 0.136. The number of ether oxygens (including phenoxy) is 1. The number of methoxy groups -OCH3 is 1. The number of rotatable bonds is 5. The van der Waals surface area contributed by atoms with Crippen LogP contribution in [0.1, 0.15) is 16.7 Å². The van der Waals surface area contributed by atoms with E-state index in [9.17, 15) is 0 Å². The molecule has 1 N–H and O–H groups in total. The van der Waals surface area contributed by atoms with Crippen molar-refractivity contribution >= 4 is 11.9 Å². The molecule has 0 atom stereocenters. The number of hydrogen-bond donors (Lipinski definition) is 1. The number of pyridine rings is 1. The zero-order valence-corrected chi connectivity index (χ0v) is 14.8. The summed E-state index contributed by atoms with van der Waals surface area (Å²) in [6.45, 7) is 4.11. The van der Waals surface area contributed by atoms with Crippen LogP contribution >= 0.6 is 0 Å². The Hall–Kier alpha value is -3.07. The van der Waals surface area contributed by atoms with E-state index >= 15 is 0 Å². The van der Waals surface area contributed by atoms with Crippen LogP contribution in [0.2, 0.25) is 0 Å². The average molecular weight is 330 g/mol. The van der Waals surface area contributed by atoms with E-state index in [0.29, 0.717) is 0 Å². The van der Waals surface area contributed by atoms with Gasteiger partial charge in [0.15, 0.2) is 0 Å². The monoisotopic (exact) mass is 330 g/mol. The van der Waals surface area contributed by atoms with E-state index < -0.39 is 0 Å². The molecule has 3 heteroatoms. The standard InChI is InChI=1S/C22H22N2O/c1-16-13-19(9-10-21(16)25-3)20-14-17(2)22(24-15-20)23-12-11-18-7-5-4-6-8-18/h4-15H,1-3H3,(H,23,24)/b12-11+. The van der Waals surface area contributed by atoms with Gasteiger partial charge in [0.2, 0.25) is 0 Å². The van der Waals surface area contributed by atoms with Crippen LogP contribution in [0.3, 0.4) is 0 Å². The molecular formula is C22H22N2O. The molecule has 0 aliphatic carbocycles. The van der Waals surface area contributed by atoms with Gasteiger partial charge in [-0.25, -0.2) is 4.98 Å². The zero-order valence-electron chi connectivity index (χ0n) is 14.8. The molecule has 0 saturated carbocycles. The second-order valence-corrected chi connectivity index (χ2v) is 5.96. The summed E-state index contributed by atoms with van der Waals surface area (Å²) in [7, 11) is 1.69. The molecule has 0 aliphatic rings. The summed E-state index contributed by atoms with van der Waals surface area (Å²) < 4.78 is 5.33. The summed E-state index contributed by atoms with van der Waals surface area (Å²) >= 11 is 0. The van der Waals surface area contributed by atoms with Crippen LogP contribution in [0.25, 0.3) is 17.2 Å². The largest absolute Gasteiger partial charge is 0.496 e. The highest BCUT2D eigenvalue weighted by molar-refractivity contribution is 5.68. The van der Waals surface area contributed by atoms with E-state index in [4.69, 9.17) is 4.74 Å². The highest BCUT2D eigenvalue weighted by atomic mass is 16.5. The molecule has 3 aromatic rings. The molecule has 0 fully saturated rings. The Morgan fingerprint density at radius 3 is 2.36 bits per heavy atom. The maximum absolute atomic E-state index is 5.33. The predicted octanol–water partition coefficient (Wildman–Crippen LogP) is 5.46. The van der Waals surface area contributed by atoms with Gasteiger partial charge in [-0.15, -0.1) is 0 Å². The number of nitrogens with one attached hydrogen (secondary N) is 1. The highest BCUT2D eigenvalue weighted by Gasteiger charge is 2.05. The van der Waals surface area contributed by atoms with Gasteiger partial charge < -0.3 is 10.1 Å². The number of benzene rings is 2. The lowest BCUT2D eigenvalue weighted by atomic mass is 10.0. The summed E-state index contributed by atoms with van der Waals surface area (Å²) in [6.07, 6.45) is 5.84. The molecule has 0 saturated heterocycles. The topological polar surface area (TPSA) is 34.1 Å². The lowest BCUT2D eigenvalue weighted by molar-refractivity contribution is 0.412. The van der Waals surface area contributed by atoms with Crippen molar-refractivity contribution in [2.45, 2.75) is 13.8 Å². The smallest absolute Gasteiger partial charge is 0.132 e. The predicted molar refractivity (Wildman–Crippen MR) is 105 cm³/mol. The number of aromatic nitrogens is 1. The third-order valence-electron chi connectivity index (χ3n) is 4.10. The van der Waals surface area contributed by atoms with E-state index in [1.165, 1.54) is 0 Å². The van der Waals surface area contributed by atoms with Crippen molar-refractivity contribution < 1.29 is 4.74 Å². The average Bonchev–Trinajstić information content (AvgIpc) is 2.64. The Kier molecular flexibility index (Phi) is 5.14. The van der Waals surface area contributed by atoms with Crippen LogP contribution in [0.5, 0.6) is 5.75 Å². The zero-order chi connectivity index (χ0) is 17.6. The summed E-state index contributed by atoms with van der Waals surface area (Å²) in [4.78, 5) is 4.56. The van der Waals surface area contributed by atoms with Gasteiger partial charge in [0, 0.05) is 18.0 Å². The third-order valence-corrected chi connectivity index (χ3v) is 4.10. The molecule has 3 nitrogen and oxygen atoms in total. The van der Waals surface area contributed by atoms with Gasteiger partial charge in [-0.2, -0.15) is 0 Å². The quantitative estimate of drug-likeness (QED) is 0.675. The van der Waals surface area contributed by atoms with Crippen LogP contribution in [0.15, 0.2) is 67.0 Å². The SMILES string of the molecule is COc1ccc(-c2cnc(N/C=C/c3ccccc3)c(C)c2)cc1C. The fourth-order valence-corrected chi connectivity index (χ4v) is 2.72. The minimum Gasteiger partial charge on any atom is -0.496 e. The molecule has 0 spiro atoms. The van der Waals surface area contributed by atoms with Crippen molar-refractivity contribution in [3.05, 3.63) is 83.7 Å². The first kappa shape index (κ1) is 16.8. The fourth-order valence-electron chi connectivity index (χ4n) is 2.72. The van der Waals surface area contributed by atoms with E-state index in [1.807, 2.05) is 49.7 Å². The van der Waals surface area contributed by atoms with Crippen LogP contribution in [-0.2, 0) is 0 Å². The molecule has 126 valence electrons. The van der Waals surface area contributed by atoms with Gasteiger partial charge >= 0.3 is 0 Å². The first-order chi connectivity index (χ1) is 12.2. The second kappa shape index (κ2) is 7.67. The van der Waals surface area contributed by atoms with E-state index in [-0.39, 0.29) is 0 Å². The normalized spacial score (nSPS) is 10.8. The maximum atomic E-state index is 5.33. The molecule has 2 aromatic carbocycles. The molecule has 1 heterocycles. The highest BCUT2D eigenvalue weighted by Crippen LogP contribution is 2.27. The van der Waals surface area contributed by atoms with Crippen molar-refractivity contribution in [1.29, 1.82) is 0 Å². The van der Waals surface area contributed by atoms with E-state index in [2.05, 4.69) is 47.6 Å². The van der Waals surface area contributed by atoms with Crippen molar-refractivity contribution in [2.75, 3.05) is 12.4 Å². The van der Waals surface area contributed by atoms with Gasteiger partial charge in [-0.05, 0) is 60.4 Å². The van der Waals surface area contributed by atoms with Crippen molar-refractivity contribution in [3.8, 4) is 16.9 Å².